The molecule has 0 spiro atoms. The van der Waals surface area contributed by atoms with Gasteiger partial charge in [0.15, 0.2) is 0 Å². The normalized spacial score (nSPS) is 13.7. The van der Waals surface area contributed by atoms with Crippen LogP contribution in [-0.2, 0) is 0 Å². The summed E-state index contributed by atoms with van der Waals surface area (Å²) in [5.41, 5.74) is 5.87. The Bertz CT molecular complexity index is 1320. The molecular formula is C29H33ClN5Na. The van der Waals surface area contributed by atoms with E-state index in [0.717, 1.165) is 38.6 Å². The number of allylic oxidation sites excluding steroid dienone is 1. The molecule has 1 aliphatic rings. The van der Waals surface area contributed by atoms with Gasteiger partial charge in [0, 0.05) is 48.3 Å². The molecular weight excluding hydrogens is 477 g/mol. The number of hydrogen-bond donors (Lipinski definition) is 0. The van der Waals surface area contributed by atoms with Crippen molar-refractivity contribution >= 4 is 39.5 Å². The number of piperazine rings is 1. The van der Waals surface area contributed by atoms with Crippen molar-refractivity contribution in [1.29, 1.82) is 0 Å². The largest absolute Gasteiger partial charge is 1.00 e. The van der Waals surface area contributed by atoms with Gasteiger partial charge in [-0.25, -0.2) is 4.98 Å². The van der Waals surface area contributed by atoms with Crippen molar-refractivity contribution in [2.75, 3.05) is 33.2 Å². The maximum Gasteiger partial charge on any atom is 1.00 e. The maximum absolute atomic E-state index is 6.41. The molecule has 1 saturated heterocycles. The Morgan fingerprint density at radius 1 is 1.08 bits per heavy atom. The van der Waals surface area contributed by atoms with Crippen molar-refractivity contribution in [2.24, 2.45) is 0 Å². The summed E-state index contributed by atoms with van der Waals surface area (Å²) in [7, 11) is 2.19. The van der Waals surface area contributed by atoms with Crippen molar-refractivity contribution in [1.82, 2.24) is 25.0 Å². The molecule has 0 atom stereocenters. The minimum Gasteiger partial charge on any atom is -0.581 e. The summed E-state index contributed by atoms with van der Waals surface area (Å²) in [6.45, 7) is 14.9. The molecule has 7 heteroatoms. The molecule has 2 aromatic heterocycles. The van der Waals surface area contributed by atoms with E-state index >= 15 is 0 Å². The zero-order valence-corrected chi connectivity index (χ0v) is 24.4. The first-order chi connectivity index (χ1) is 17.0. The van der Waals surface area contributed by atoms with E-state index in [1.165, 1.54) is 51.1 Å². The van der Waals surface area contributed by atoms with Gasteiger partial charge >= 0.3 is 29.6 Å². The second kappa shape index (κ2) is 13.4. The number of hydrogen-bond acceptors (Lipinski definition) is 4. The Morgan fingerprint density at radius 2 is 1.86 bits per heavy atom. The van der Waals surface area contributed by atoms with E-state index < -0.39 is 0 Å². The molecule has 0 aliphatic carbocycles. The average Bonchev–Trinajstić information content (AvgIpc) is 3.35. The van der Waals surface area contributed by atoms with Crippen LogP contribution >= 0.6 is 11.6 Å². The van der Waals surface area contributed by atoms with Crippen LogP contribution in [0.25, 0.3) is 39.1 Å². The molecule has 2 aromatic carbocycles. The van der Waals surface area contributed by atoms with E-state index in [1.807, 2.05) is 42.5 Å². The molecule has 0 unspecified atom stereocenters. The first-order valence-corrected chi connectivity index (χ1v) is 12.6. The molecule has 5 rings (SSSR count). The molecule has 1 aliphatic heterocycles. The molecule has 36 heavy (non-hydrogen) atoms. The van der Waals surface area contributed by atoms with Gasteiger partial charge in [-0.15, -0.1) is 0 Å². The predicted molar refractivity (Wildman–Crippen MR) is 149 cm³/mol. The van der Waals surface area contributed by atoms with Gasteiger partial charge < -0.3 is 20.0 Å². The summed E-state index contributed by atoms with van der Waals surface area (Å²) in [4.78, 5) is 9.54. The van der Waals surface area contributed by atoms with Crippen LogP contribution in [0.1, 0.15) is 31.7 Å². The zero-order chi connectivity index (χ0) is 24.8. The summed E-state index contributed by atoms with van der Waals surface area (Å²) in [6, 6.07) is 13.8. The molecule has 4 aromatic rings. The van der Waals surface area contributed by atoms with Crippen molar-refractivity contribution in [3.05, 3.63) is 78.1 Å². The van der Waals surface area contributed by atoms with E-state index in [4.69, 9.17) is 16.6 Å². The maximum atomic E-state index is 6.41. The van der Waals surface area contributed by atoms with Crippen LogP contribution in [0.15, 0.2) is 67.5 Å². The van der Waals surface area contributed by atoms with Crippen molar-refractivity contribution < 1.29 is 29.6 Å². The number of halogens is 1. The summed E-state index contributed by atoms with van der Waals surface area (Å²) in [5.74, 6) is 0. The van der Waals surface area contributed by atoms with E-state index in [1.54, 1.807) is 12.3 Å². The third kappa shape index (κ3) is 6.99. The van der Waals surface area contributed by atoms with E-state index in [-0.39, 0.29) is 29.6 Å². The molecule has 0 saturated carbocycles. The Morgan fingerprint density at radius 3 is 2.58 bits per heavy atom. The van der Waals surface area contributed by atoms with Crippen molar-refractivity contribution in [3.63, 3.8) is 0 Å². The van der Waals surface area contributed by atoms with Crippen LogP contribution in [0.5, 0.6) is 0 Å². The van der Waals surface area contributed by atoms with E-state index in [2.05, 4.69) is 47.1 Å². The second-order valence-corrected chi connectivity index (χ2v) is 9.46. The van der Waals surface area contributed by atoms with Gasteiger partial charge in [0.2, 0.25) is 0 Å². The number of likely N-dealkylation sites (N-methyl/N-ethyl adjacent to an activating group) is 1. The van der Waals surface area contributed by atoms with Gasteiger partial charge in [-0.3, -0.25) is 0 Å². The number of benzene rings is 2. The molecule has 182 valence electrons. The number of nitrogens with zero attached hydrogens (tertiary/aromatic N) is 5. The van der Waals surface area contributed by atoms with Gasteiger partial charge in [0.05, 0.1) is 16.2 Å². The summed E-state index contributed by atoms with van der Waals surface area (Å²) in [6.07, 6.45) is 7.28. The van der Waals surface area contributed by atoms with Gasteiger partial charge in [-0.1, -0.05) is 68.4 Å². The first-order valence-electron chi connectivity index (χ1n) is 12.2. The van der Waals surface area contributed by atoms with Crippen LogP contribution in [0, 0.1) is 0 Å². The second-order valence-electron chi connectivity index (χ2n) is 9.05. The fourth-order valence-electron chi connectivity index (χ4n) is 4.19. The quantitative estimate of drug-likeness (QED) is 0.371. The number of unbranched alkanes of at least 4 members (excludes halogenated alkanes) is 1. The minimum absolute atomic E-state index is 0. The SMILES string of the molecule is C=C(CCCC)N1CCN(C)CC1.C=Cc1ccc2c(Cl)cc(-c3ccc4c[n-]nc4c3)nc2c1.[Na+]. The molecule has 0 radical (unpaired) electrons. The van der Waals surface area contributed by atoms with E-state index in [9.17, 15) is 0 Å². The van der Waals surface area contributed by atoms with Crippen LogP contribution in [0.2, 0.25) is 5.02 Å². The van der Waals surface area contributed by atoms with Crippen molar-refractivity contribution in [3.8, 4) is 11.3 Å². The van der Waals surface area contributed by atoms with Crippen LogP contribution in [0.4, 0.5) is 0 Å². The Labute approximate surface area is 241 Å². The number of pyridine rings is 1. The Hall–Kier alpha value is -2.15. The third-order valence-electron chi connectivity index (χ3n) is 6.48. The minimum atomic E-state index is 0. The summed E-state index contributed by atoms with van der Waals surface area (Å²) in [5, 5.41) is 10.6. The molecule has 5 nitrogen and oxygen atoms in total. The van der Waals surface area contributed by atoms with Gasteiger partial charge in [-0.2, -0.15) is 6.20 Å². The number of rotatable bonds is 6. The fourth-order valence-corrected chi connectivity index (χ4v) is 4.45. The van der Waals surface area contributed by atoms with Gasteiger partial charge in [-0.05, 0) is 49.0 Å². The monoisotopic (exact) mass is 509 g/mol. The fraction of sp³-hybridized carbons (Fsp3) is 0.310. The molecule has 1 fully saturated rings. The number of fused-ring (bicyclic) bond motifs is 2. The van der Waals surface area contributed by atoms with Crippen LogP contribution < -0.4 is 34.7 Å². The molecule has 0 amide bonds. The first kappa shape index (κ1) is 28.4. The van der Waals surface area contributed by atoms with Crippen LogP contribution in [0.3, 0.4) is 0 Å². The Kier molecular flexibility index (Phi) is 10.6. The predicted octanol–water partition coefficient (Wildman–Crippen LogP) is 3.65. The third-order valence-corrected chi connectivity index (χ3v) is 6.79. The van der Waals surface area contributed by atoms with Gasteiger partial charge in [0.25, 0.3) is 0 Å². The zero-order valence-electron chi connectivity index (χ0n) is 21.7. The summed E-state index contributed by atoms with van der Waals surface area (Å²) >= 11 is 6.41. The van der Waals surface area contributed by atoms with Crippen molar-refractivity contribution in [2.45, 2.75) is 26.2 Å². The molecule has 3 heterocycles. The topological polar surface area (TPSA) is 46.4 Å². The average molecular weight is 510 g/mol. The molecule has 0 bridgehead atoms. The van der Waals surface area contributed by atoms with Crippen LogP contribution in [-0.4, -0.2) is 53.1 Å². The number of aromatic nitrogens is 3. The molecule has 0 N–H and O–H groups in total. The standard InChI is InChI=1S/C18H11ClN3.C11H22N2.Na/c1-2-11-3-6-14-15(19)9-16(21-18(14)7-11)12-4-5-13-10-20-22-17(13)8-12;1-4-5-6-11(2)13-9-7-12(3)8-10-13;/h2-10H,1H2;2,4-10H2,1,3H3;/q-1;;+1. The Balaban J connectivity index is 0.000000223. The smallest absolute Gasteiger partial charge is 0.581 e. The van der Waals surface area contributed by atoms with E-state index in [0.29, 0.717) is 5.02 Å². The summed E-state index contributed by atoms with van der Waals surface area (Å²) < 4.78 is 0. The van der Waals surface area contributed by atoms with Gasteiger partial charge in [0.1, 0.15) is 0 Å².